The molecule has 0 aliphatic carbocycles. The summed E-state index contributed by atoms with van der Waals surface area (Å²) in [4.78, 5) is 31.3. The molecule has 1 heterocycles. The number of hydrogen-bond acceptors (Lipinski definition) is 6. The third-order valence-corrected chi connectivity index (χ3v) is 7.74. The fourth-order valence-electron chi connectivity index (χ4n) is 5.36. The highest BCUT2D eigenvalue weighted by atomic mass is 19.1. The highest BCUT2D eigenvalue weighted by Crippen LogP contribution is 2.23. The summed E-state index contributed by atoms with van der Waals surface area (Å²) < 4.78 is 25.6. The number of amides is 2. The predicted molar refractivity (Wildman–Crippen MR) is 178 cm³/mol. The summed E-state index contributed by atoms with van der Waals surface area (Å²) in [5, 5.41) is 3.50. The van der Waals surface area contributed by atoms with E-state index >= 15 is 0 Å². The summed E-state index contributed by atoms with van der Waals surface area (Å²) in [5.41, 5.74) is 10.2. The zero-order chi connectivity index (χ0) is 32.7. The average molecular weight is 629 g/mol. The second-order valence-electron chi connectivity index (χ2n) is 11.5. The van der Waals surface area contributed by atoms with Gasteiger partial charge in [-0.05, 0) is 98.5 Å². The summed E-state index contributed by atoms with van der Waals surface area (Å²) in [6, 6.07) is 18.3. The number of carbonyl (C=O) groups excluding carboxylic acids is 2. The van der Waals surface area contributed by atoms with Gasteiger partial charge >= 0.3 is 0 Å². The molecule has 0 fully saturated rings. The van der Waals surface area contributed by atoms with E-state index in [1.54, 1.807) is 23.1 Å². The van der Waals surface area contributed by atoms with Crippen LogP contribution in [0, 0.1) is 5.82 Å². The van der Waals surface area contributed by atoms with Gasteiger partial charge in [-0.1, -0.05) is 38.1 Å². The van der Waals surface area contributed by atoms with Gasteiger partial charge in [0.15, 0.2) is 0 Å². The van der Waals surface area contributed by atoms with Crippen molar-refractivity contribution >= 4 is 11.8 Å². The van der Waals surface area contributed by atoms with Gasteiger partial charge in [0, 0.05) is 42.4 Å². The van der Waals surface area contributed by atoms with Gasteiger partial charge in [0.1, 0.15) is 17.8 Å². The fraction of sp³-hybridized carbons (Fsp3) is 0.378. The number of halogens is 1. The van der Waals surface area contributed by atoms with Crippen LogP contribution in [0.15, 0.2) is 77.5 Å². The minimum atomic E-state index is -0.636. The summed E-state index contributed by atoms with van der Waals surface area (Å²) in [7, 11) is 0. The van der Waals surface area contributed by atoms with Gasteiger partial charge in [0.25, 0.3) is 5.91 Å². The molecule has 0 bridgehead atoms. The molecule has 0 aliphatic rings. The van der Waals surface area contributed by atoms with Crippen molar-refractivity contribution in [1.29, 1.82) is 0 Å². The normalized spacial score (nSPS) is 11.0. The lowest BCUT2D eigenvalue weighted by molar-refractivity contribution is 0.0750. The van der Waals surface area contributed by atoms with E-state index in [4.69, 9.17) is 14.9 Å². The molecule has 8 nitrogen and oxygen atoms in total. The Morgan fingerprint density at radius 2 is 1.76 bits per heavy atom. The van der Waals surface area contributed by atoms with E-state index < -0.39 is 5.91 Å². The van der Waals surface area contributed by atoms with E-state index in [9.17, 15) is 14.0 Å². The molecule has 244 valence electrons. The standard InChI is InChI=1S/C37H45FN4O4/c1-3-15-42(37(44)32-23-30(35(39)43)22-31(24-32)36-41-14-18-46-36)16-7-8-17-45-34-21-28(20-33(38)25-34)10-5-6-13-40-26-29-12-9-11-27(4-2)19-29/h9,11-12,14,18-25,40H,3-8,10,13,15-17,26H2,1-2H3,(H2,39,43). The van der Waals surface area contributed by atoms with E-state index in [0.717, 1.165) is 50.8 Å². The lowest BCUT2D eigenvalue weighted by Gasteiger charge is -2.23. The second kappa shape index (κ2) is 17.8. The first-order chi connectivity index (χ1) is 22.4. The maximum absolute atomic E-state index is 14.3. The van der Waals surface area contributed by atoms with Crippen LogP contribution in [0.4, 0.5) is 4.39 Å². The topological polar surface area (TPSA) is 111 Å². The van der Waals surface area contributed by atoms with Crippen molar-refractivity contribution in [1.82, 2.24) is 15.2 Å². The van der Waals surface area contributed by atoms with Crippen molar-refractivity contribution in [2.24, 2.45) is 5.73 Å². The van der Waals surface area contributed by atoms with Crippen LogP contribution < -0.4 is 15.8 Å². The van der Waals surface area contributed by atoms with Gasteiger partial charge in [-0.15, -0.1) is 0 Å². The third-order valence-electron chi connectivity index (χ3n) is 7.74. The molecular formula is C37H45FN4O4. The maximum Gasteiger partial charge on any atom is 0.253 e. The molecular weight excluding hydrogens is 583 g/mol. The Hall–Kier alpha value is -4.50. The number of nitrogens with one attached hydrogen (secondary N) is 1. The van der Waals surface area contributed by atoms with Crippen molar-refractivity contribution in [3.8, 4) is 17.2 Å². The summed E-state index contributed by atoms with van der Waals surface area (Å²) >= 11 is 0. The van der Waals surface area contributed by atoms with Crippen LogP contribution >= 0.6 is 0 Å². The van der Waals surface area contributed by atoms with Crippen LogP contribution in [-0.4, -0.2) is 47.9 Å². The molecule has 1 aromatic heterocycles. The summed E-state index contributed by atoms with van der Waals surface area (Å²) in [6.45, 7) is 7.41. The zero-order valence-corrected chi connectivity index (χ0v) is 26.9. The van der Waals surface area contributed by atoms with Crippen molar-refractivity contribution in [3.05, 3.63) is 107 Å². The van der Waals surface area contributed by atoms with Gasteiger partial charge in [0.2, 0.25) is 11.8 Å². The zero-order valence-electron chi connectivity index (χ0n) is 26.9. The van der Waals surface area contributed by atoms with Crippen molar-refractivity contribution in [3.63, 3.8) is 0 Å². The van der Waals surface area contributed by atoms with Crippen molar-refractivity contribution in [2.75, 3.05) is 26.2 Å². The number of aryl methyl sites for hydroxylation is 2. The highest BCUT2D eigenvalue weighted by molar-refractivity contribution is 6.00. The Kier molecular flexibility index (Phi) is 13.3. The molecule has 4 aromatic rings. The van der Waals surface area contributed by atoms with Crippen molar-refractivity contribution in [2.45, 2.75) is 65.3 Å². The average Bonchev–Trinajstić information content (AvgIpc) is 3.60. The first-order valence-corrected chi connectivity index (χ1v) is 16.2. The van der Waals surface area contributed by atoms with Gasteiger partial charge < -0.3 is 25.1 Å². The number of carbonyl (C=O) groups is 2. The Morgan fingerprint density at radius 3 is 2.52 bits per heavy atom. The number of nitrogens with zero attached hydrogens (tertiary/aromatic N) is 2. The highest BCUT2D eigenvalue weighted by Gasteiger charge is 2.19. The quantitative estimate of drug-likeness (QED) is 0.109. The molecule has 3 N–H and O–H groups in total. The van der Waals surface area contributed by atoms with Crippen LogP contribution in [0.25, 0.3) is 11.5 Å². The number of unbranched alkanes of at least 4 members (excludes halogenated alkanes) is 2. The molecule has 0 saturated heterocycles. The molecule has 0 aliphatic heterocycles. The van der Waals surface area contributed by atoms with Crippen LogP contribution in [0.3, 0.4) is 0 Å². The number of hydrogen-bond donors (Lipinski definition) is 2. The maximum atomic E-state index is 14.3. The molecule has 3 aromatic carbocycles. The Balaban J connectivity index is 1.22. The second-order valence-corrected chi connectivity index (χ2v) is 11.5. The van der Waals surface area contributed by atoms with Crippen LogP contribution in [0.5, 0.6) is 5.75 Å². The number of ether oxygens (including phenoxy) is 1. The van der Waals surface area contributed by atoms with E-state index in [2.05, 4.69) is 41.5 Å². The molecule has 0 spiro atoms. The molecule has 4 rings (SSSR count). The van der Waals surface area contributed by atoms with Crippen LogP contribution in [0.1, 0.15) is 83.4 Å². The van der Waals surface area contributed by atoms with E-state index in [1.165, 1.54) is 35.7 Å². The molecule has 46 heavy (non-hydrogen) atoms. The molecule has 0 unspecified atom stereocenters. The first kappa shape index (κ1) is 34.4. The number of aromatic nitrogens is 1. The van der Waals surface area contributed by atoms with Gasteiger partial charge in [-0.3, -0.25) is 9.59 Å². The fourth-order valence-corrected chi connectivity index (χ4v) is 5.36. The molecule has 2 amide bonds. The Labute approximate surface area is 271 Å². The van der Waals surface area contributed by atoms with Gasteiger partial charge in [0.05, 0.1) is 12.8 Å². The molecule has 0 atom stereocenters. The summed E-state index contributed by atoms with van der Waals surface area (Å²) in [6.07, 6.45) is 8.87. The Bertz CT molecular complexity index is 1560. The van der Waals surface area contributed by atoms with E-state index in [1.807, 2.05) is 13.0 Å². The minimum Gasteiger partial charge on any atom is -0.493 e. The largest absolute Gasteiger partial charge is 0.493 e. The Morgan fingerprint density at radius 1 is 0.935 bits per heavy atom. The molecule has 0 saturated carbocycles. The minimum absolute atomic E-state index is 0.200. The summed E-state index contributed by atoms with van der Waals surface area (Å²) in [5.74, 6) is -0.313. The SMILES string of the molecule is CCCN(CCCCOc1cc(F)cc(CCCCNCc2cccc(CC)c2)c1)C(=O)c1cc(C(N)=O)cc(-c2ncco2)c1. The van der Waals surface area contributed by atoms with E-state index in [-0.39, 0.29) is 17.3 Å². The van der Waals surface area contributed by atoms with Gasteiger partial charge in [-0.2, -0.15) is 0 Å². The van der Waals surface area contributed by atoms with E-state index in [0.29, 0.717) is 55.3 Å². The van der Waals surface area contributed by atoms with Crippen LogP contribution in [0.2, 0.25) is 0 Å². The third kappa shape index (κ3) is 10.5. The first-order valence-electron chi connectivity index (χ1n) is 16.2. The smallest absolute Gasteiger partial charge is 0.253 e. The van der Waals surface area contributed by atoms with Crippen molar-refractivity contribution < 1.29 is 23.1 Å². The van der Waals surface area contributed by atoms with Gasteiger partial charge in [-0.25, -0.2) is 9.37 Å². The molecule has 9 heteroatoms. The number of rotatable bonds is 19. The van der Waals surface area contributed by atoms with Crippen LogP contribution in [-0.2, 0) is 19.4 Å². The number of benzene rings is 3. The molecule has 0 radical (unpaired) electrons. The monoisotopic (exact) mass is 628 g/mol. The lowest BCUT2D eigenvalue weighted by atomic mass is 10.0. The number of primary amides is 1. The lowest BCUT2D eigenvalue weighted by Crippen LogP contribution is -2.33. The number of oxazole rings is 1. The predicted octanol–water partition coefficient (Wildman–Crippen LogP) is 6.97. The number of nitrogens with two attached hydrogens (primary N) is 1.